The molecule has 0 aliphatic carbocycles. The Morgan fingerprint density at radius 2 is 2.08 bits per heavy atom. The topological polar surface area (TPSA) is 36.4 Å². The number of thiophene rings is 1. The first kappa shape index (κ1) is 19.0. The monoisotopic (exact) mass is 405 g/mol. The van der Waals surface area contributed by atoms with E-state index in [-0.39, 0.29) is 5.91 Å². The lowest BCUT2D eigenvalue weighted by Gasteiger charge is -2.19. The van der Waals surface area contributed by atoms with Gasteiger partial charge in [0.2, 0.25) is 0 Å². The summed E-state index contributed by atoms with van der Waals surface area (Å²) in [6, 6.07) is 9.66. The molecule has 0 saturated carbocycles. The van der Waals surface area contributed by atoms with Gasteiger partial charge < -0.3 is 4.90 Å². The highest BCUT2D eigenvalue weighted by atomic mass is 35.5. The number of hydrogen-bond acceptors (Lipinski definition) is 5. The highest BCUT2D eigenvalue weighted by molar-refractivity contribution is 7.22. The zero-order valence-corrected chi connectivity index (χ0v) is 17.1. The van der Waals surface area contributed by atoms with E-state index in [2.05, 4.69) is 9.88 Å². The zero-order valence-electron chi connectivity index (χ0n) is 14.7. The number of para-hydroxylation sites is 1. The Morgan fingerprint density at radius 3 is 2.77 bits per heavy atom. The minimum Gasteiger partial charge on any atom is -0.309 e. The first-order valence-corrected chi connectivity index (χ1v) is 10.3. The number of thiazole rings is 1. The highest BCUT2D eigenvalue weighted by Gasteiger charge is 2.18. The molecule has 0 spiro atoms. The van der Waals surface area contributed by atoms with Crippen LogP contribution in [-0.2, 0) is 4.79 Å². The van der Waals surface area contributed by atoms with Crippen molar-refractivity contribution in [1.82, 2.24) is 9.88 Å². The number of anilines is 1. The Bertz CT molecular complexity index is 903. The number of benzene rings is 1. The number of fused-ring (bicyclic) bond motifs is 1. The smallest absolute Gasteiger partial charge is 0.252 e. The molecule has 0 bridgehead atoms. The van der Waals surface area contributed by atoms with Gasteiger partial charge in [-0.15, -0.1) is 11.3 Å². The number of nitrogens with zero attached hydrogens (tertiary/aromatic N) is 3. The SMILES string of the molecule is CN(C)CCCN(C(=O)/C=C/c1cccs1)c1nc2c(Cl)cccc2s1. The van der Waals surface area contributed by atoms with E-state index >= 15 is 0 Å². The van der Waals surface area contributed by atoms with Crippen LogP contribution < -0.4 is 4.90 Å². The van der Waals surface area contributed by atoms with Gasteiger partial charge in [-0.2, -0.15) is 0 Å². The fourth-order valence-corrected chi connectivity index (χ4v) is 4.41. The van der Waals surface area contributed by atoms with Crippen molar-refractivity contribution in [3.05, 3.63) is 51.7 Å². The second-order valence-electron chi connectivity index (χ2n) is 6.08. The lowest BCUT2D eigenvalue weighted by molar-refractivity contribution is -0.114. The van der Waals surface area contributed by atoms with Crippen LogP contribution in [0.25, 0.3) is 16.3 Å². The maximum atomic E-state index is 12.8. The van der Waals surface area contributed by atoms with Gasteiger partial charge in [0, 0.05) is 17.5 Å². The van der Waals surface area contributed by atoms with E-state index in [9.17, 15) is 4.79 Å². The summed E-state index contributed by atoms with van der Waals surface area (Å²) in [5, 5.41) is 3.29. The standard InChI is InChI=1S/C19H20ClN3OS2/c1-22(2)11-5-12-23(17(24)10-9-14-6-4-13-25-14)19-21-18-15(20)7-3-8-16(18)26-19/h3-4,6-10,13H,5,11-12H2,1-2H3/b10-9+. The zero-order chi connectivity index (χ0) is 18.5. The van der Waals surface area contributed by atoms with Gasteiger partial charge in [0.1, 0.15) is 5.52 Å². The maximum absolute atomic E-state index is 12.8. The molecule has 0 radical (unpaired) electrons. The molecular formula is C19H20ClN3OS2. The number of aromatic nitrogens is 1. The van der Waals surface area contributed by atoms with E-state index in [1.54, 1.807) is 22.3 Å². The Labute approximate surface area is 166 Å². The van der Waals surface area contributed by atoms with Crippen molar-refractivity contribution in [3.8, 4) is 0 Å². The van der Waals surface area contributed by atoms with Crippen LogP contribution in [0.15, 0.2) is 41.8 Å². The first-order chi connectivity index (χ1) is 12.5. The molecule has 2 aromatic heterocycles. The summed E-state index contributed by atoms with van der Waals surface area (Å²) in [4.78, 5) is 22.4. The Balaban J connectivity index is 1.85. The number of rotatable bonds is 7. The van der Waals surface area contributed by atoms with Gasteiger partial charge in [0.15, 0.2) is 5.13 Å². The Morgan fingerprint density at radius 1 is 1.23 bits per heavy atom. The van der Waals surface area contributed by atoms with Gasteiger partial charge in [-0.3, -0.25) is 9.69 Å². The van der Waals surface area contributed by atoms with Crippen LogP contribution in [0.1, 0.15) is 11.3 Å². The predicted octanol–water partition coefficient (Wildman–Crippen LogP) is 5.01. The summed E-state index contributed by atoms with van der Waals surface area (Å²) in [6.45, 7) is 1.52. The van der Waals surface area contributed by atoms with Crippen molar-refractivity contribution in [3.63, 3.8) is 0 Å². The molecule has 0 aliphatic heterocycles. The molecule has 0 fully saturated rings. The average Bonchev–Trinajstić information content (AvgIpc) is 3.26. The molecule has 26 heavy (non-hydrogen) atoms. The average molecular weight is 406 g/mol. The fourth-order valence-electron chi connectivity index (χ4n) is 2.49. The van der Waals surface area contributed by atoms with Gasteiger partial charge in [-0.25, -0.2) is 4.98 Å². The molecule has 0 atom stereocenters. The summed E-state index contributed by atoms with van der Waals surface area (Å²) in [7, 11) is 4.06. The summed E-state index contributed by atoms with van der Waals surface area (Å²) < 4.78 is 0.986. The van der Waals surface area contributed by atoms with Crippen LogP contribution in [0.3, 0.4) is 0 Å². The van der Waals surface area contributed by atoms with Crippen molar-refractivity contribution in [2.75, 3.05) is 32.1 Å². The Hall–Kier alpha value is -1.73. The quantitative estimate of drug-likeness (QED) is 0.518. The van der Waals surface area contributed by atoms with Gasteiger partial charge >= 0.3 is 0 Å². The minimum atomic E-state index is -0.0627. The van der Waals surface area contributed by atoms with Crippen LogP contribution >= 0.6 is 34.3 Å². The summed E-state index contributed by atoms with van der Waals surface area (Å²) >= 11 is 9.35. The largest absolute Gasteiger partial charge is 0.309 e. The molecule has 0 N–H and O–H groups in total. The fraction of sp³-hybridized carbons (Fsp3) is 0.263. The van der Waals surface area contributed by atoms with Crippen LogP contribution in [0.4, 0.5) is 5.13 Å². The van der Waals surface area contributed by atoms with E-state index in [1.165, 1.54) is 11.3 Å². The van der Waals surface area contributed by atoms with Crippen molar-refractivity contribution >= 4 is 61.6 Å². The molecule has 0 saturated heterocycles. The maximum Gasteiger partial charge on any atom is 0.252 e. The first-order valence-electron chi connectivity index (χ1n) is 8.27. The summed E-state index contributed by atoms with van der Waals surface area (Å²) in [5.41, 5.74) is 0.752. The highest BCUT2D eigenvalue weighted by Crippen LogP contribution is 2.33. The normalized spacial score (nSPS) is 11.7. The van der Waals surface area contributed by atoms with E-state index in [1.807, 2.05) is 55.9 Å². The second-order valence-corrected chi connectivity index (χ2v) is 8.47. The van der Waals surface area contributed by atoms with Crippen molar-refractivity contribution in [1.29, 1.82) is 0 Å². The summed E-state index contributed by atoms with van der Waals surface area (Å²) in [5.74, 6) is -0.0627. The lowest BCUT2D eigenvalue weighted by Crippen LogP contribution is -2.32. The van der Waals surface area contributed by atoms with Crippen LogP contribution in [0, 0.1) is 0 Å². The third-order valence-electron chi connectivity index (χ3n) is 3.78. The molecular weight excluding hydrogens is 386 g/mol. The molecule has 1 amide bonds. The second kappa shape index (κ2) is 8.77. The van der Waals surface area contributed by atoms with Crippen LogP contribution in [0.2, 0.25) is 5.02 Å². The van der Waals surface area contributed by atoms with E-state index in [4.69, 9.17) is 11.6 Å². The summed E-state index contributed by atoms with van der Waals surface area (Å²) in [6.07, 6.45) is 4.34. The van der Waals surface area contributed by atoms with Gasteiger partial charge in [-0.1, -0.05) is 35.1 Å². The lowest BCUT2D eigenvalue weighted by atomic mass is 10.3. The molecule has 3 rings (SSSR count). The third-order valence-corrected chi connectivity index (χ3v) is 5.96. The molecule has 7 heteroatoms. The molecule has 3 aromatic rings. The molecule has 0 aliphatic rings. The van der Waals surface area contributed by atoms with Crippen molar-refractivity contribution < 1.29 is 4.79 Å². The van der Waals surface area contributed by atoms with Gasteiger partial charge in [0.05, 0.1) is 9.72 Å². The molecule has 1 aromatic carbocycles. The minimum absolute atomic E-state index is 0.0627. The van der Waals surface area contributed by atoms with Gasteiger partial charge in [-0.05, 0) is 56.7 Å². The third kappa shape index (κ3) is 4.71. The number of carbonyl (C=O) groups excluding carboxylic acids is 1. The number of halogens is 1. The molecule has 4 nitrogen and oxygen atoms in total. The van der Waals surface area contributed by atoms with Crippen molar-refractivity contribution in [2.24, 2.45) is 0 Å². The predicted molar refractivity (Wildman–Crippen MR) is 114 cm³/mol. The van der Waals surface area contributed by atoms with E-state index < -0.39 is 0 Å². The number of carbonyl (C=O) groups is 1. The van der Waals surface area contributed by atoms with E-state index in [0.29, 0.717) is 16.7 Å². The number of amides is 1. The molecule has 2 heterocycles. The van der Waals surface area contributed by atoms with Crippen LogP contribution in [0.5, 0.6) is 0 Å². The molecule has 136 valence electrons. The Kier molecular flexibility index (Phi) is 6.43. The number of hydrogen-bond donors (Lipinski definition) is 0. The van der Waals surface area contributed by atoms with Crippen LogP contribution in [-0.4, -0.2) is 43.0 Å². The van der Waals surface area contributed by atoms with E-state index in [0.717, 1.165) is 28.1 Å². The van der Waals surface area contributed by atoms with Crippen molar-refractivity contribution in [2.45, 2.75) is 6.42 Å². The van der Waals surface area contributed by atoms with Gasteiger partial charge in [0.25, 0.3) is 5.91 Å². The molecule has 0 unspecified atom stereocenters.